The molecule has 1 atom stereocenters. The summed E-state index contributed by atoms with van der Waals surface area (Å²) in [5, 5.41) is 20.3. The minimum absolute atomic E-state index is 0.00454. The zero-order valence-corrected chi connectivity index (χ0v) is 19.8. The Bertz CT molecular complexity index is 1260. The van der Waals surface area contributed by atoms with Gasteiger partial charge in [0.25, 0.3) is 0 Å². The summed E-state index contributed by atoms with van der Waals surface area (Å²) >= 11 is 8.17. The minimum Gasteiger partial charge on any atom is -0.465 e. The summed E-state index contributed by atoms with van der Waals surface area (Å²) < 4.78 is 1.05. The Morgan fingerprint density at radius 1 is 1.24 bits per heavy atom. The number of amides is 1. The standard InChI is InChI=1S/C25H26ClN3O3S/c26-16-9-15-3-1-8-28(17-12-25(5-2-6-25)29(13-17)24(31)32)22(15)20(10-16)19-4-7-27-21-11-18(14-30)33-23(19)21/h4,7,9-11,17,30H,1-3,5-6,8,12-14H2,(H,31,32). The molecular weight excluding hydrogens is 458 g/mol. The van der Waals surface area contributed by atoms with E-state index < -0.39 is 6.09 Å². The normalized spacial score (nSPS) is 21.5. The van der Waals surface area contributed by atoms with Gasteiger partial charge in [0, 0.05) is 57.6 Å². The van der Waals surface area contributed by atoms with E-state index in [1.807, 2.05) is 24.4 Å². The quantitative estimate of drug-likeness (QED) is 0.511. The number of benzene rings is 1. The van der Waals surface area contributed by atoms with Crippen molar-refractivity contribution >= 4 is 44.9 Å². The molecule has 8 heteroatoms. The molecule has 2 fully saturated rings. The van der Waals surface area contributed by atoms with Gasteiger partial charge in [-0.2, -0.15) is 0 Å². The SMILES string of the molecule is O=C(O)N1CC(N2CCCc3cc(Cl)cc(-c4ccnc5cc(CO)sc45)c32)CC12CCC2. The van der Waals surface area contributed by atoms with E-state index in [2.05, 4.69) is 16.0 Å². The third kappa shape index (κ3) is 3.32. The fourth-order valence-corrected chi connectivity index (χ4v) is 7.39. The number of rotatable bonds is 3. The molecular formula is C25H26ClN3O3S. The molecule has 3 aromatic rings. The lowest BCUT2D eigenvalue weighted by Crippen LogP contribution is -2.51. The highest BCUT2D eigenvalue weighted by atomic mass is 35.5. The number of aliphatic hydroxyl groups is 1. The zero-order valence-electron chi connectivity index (χ0n) is 18.3. The Labute approximate surface area is 201 Å². The number of pyridine rings is 1. The number of hydrogen-bond acceptors (Lipinski definition) is 5. The van der Waals surface area contributed by atoms with Gasteiger partial charge in [-0.1, -0.05) is 11.6 Å². The van der Waals surface area contributed by atoms with Crippen LogP contribution < -0.4 is 4.90 Å². The molecule has 1 saturated heterocycles. The lowest BCUT2D eigenvalue weighted by molar-refractivity contribution is 0.0542. The number of anilines is 1. The van der Waals surface area contributed by atoms with Crippen LogP contribution in [-0.4, -0.2) is 50.9 Å². The lowest BCUT2D eigenvalue weighted by Gasteiger charge is -2.44. The van der Waals surface area contributed by atoms with Gasteiger partial charge < -0.3 is 20.0 Å². The summed E-state index contributed by atoms with van der Waals surface area (Å²) in [5.41, 5.74) is 5.25. The number of nitrogens with zero attached hydrogens (tertiary/aromatic N) is 3. The van der Waals surface area contributed by atoms with Crippen molar-refractivity contribution in [3.8, 4) is 11.1 Å². The number of aliphatic hydroxyl groups excluding tert-OH is 1. The van der Waals surface area contributed by atoms with E-state index in [-0.39, 0.29) is 18.2 Å². The third-order valence-corrected chi connectivity index (χ3v) is 9.09. The van der Waals surface area contributed by atoms with Crippen LogP contribution in [0.3, 0.4) is 0 Å². The molecule has 1 spiro atoms. The van der Waals surface area contributed by atoms with Gasteiger partial charge in [-0.15, -0.1) is 11.3 Å². The van der Waals surface area contributed by atoms with E-state index in [1.165, 1.54) is 11.3 Å². The van der Waals surface area contributed by atoms with Crippen LogP contribution in [0.1, 0.15) is 42.5 Å². The second kappa shape index (κ2) is 7.86. The predicted octanol–water partition coefficient (Wildman–Crippen LogP) is 5.54. The van der Waals surface area contributed by atoms with E-state index in [4.69, 9.17) is 11.6 Å². The van der Waals surface area contributed by atoms with Crippen LogP contribution in [0.2, 0.25) is 5.02 Å². The molecule has 6 nitrogen and oxygen atoms in total. The number of hydrogen-bond donors (Lipinski definition) is 2. The number of likely N-dealkylation sites (tertiary alicyclic amines) is 1. The Kier molecular flexibility index (Phi) is 5.05. The molecule has 1 saturated carbocycles. The summed E-state index contributed by atoms with van der Waals surface area (Å²) in [7, 11) is 0. The van der Waals surface area contributed by atoms with Gasteiger partial charge in [0.1, 0.15) is 0 Å². The third-order valence-electron chi connectivity index (χ3n) is 7.73. The van der Waals surface area contributed by atoms with Crippen molar-refractivity contribution in [1.29, 1.82) is 0 Å². The monoisotopic (exact) mass is 483 g/mol. The predicted molar refractivity (Wildman–Crippen MR) is 131 cm³/mol. The molecule has 2 N–H and O–H groups in total. The van der Waals surface area contributed by atoms with Gasteiger partial charge in [-0.25, -0.2) is 4.79 Å². The minimum atomic E-state index is -0.795. The van der Waals surface area contributed by atoms with E-state index in [0.29, 0.717) is 11.6 Å². The van der Waals surface area contributed by atoms with Crippen LogP contribution in [0, 0.1) is 0 Å². The van der Waals surface area contributed by atoms with Crippen molar-refractivity contribution in [3.05, 3.63) is 45.9 Å². The van der Waals surface area contributed by atoms with Crippen molar-refractivity contribution in [2.45, 2.75) is 56.7 Å². The van der Waals surface area contributed by atoms with Crippen LogP contribution in [-0.2, 0) is 13.0 Å². The number of carboxylic acid groups (broad SMARTS) is 1. The van der Waals surface area contributed by atoms with Gasteiger partial charge in [0.15, 0.2) is 0 Å². The molecule has 3 aliphatic rings. The maximum absolute atomic E-state index is 12.1. The number of fused-ring (bicyclic) bond motifs is 2. The topological polar surface area (TPSA) is 76.9 Å². The molecule has 6 rings (SSSR count). The van der Waals surface area contributed by atoms with Gasteiger partial charge in [0.05, 0.1) is 16.8 Å². The summed E-state index contributed by atoms with van der Waals surface area (Å²) in [5.74, 6) is 0. The number of aryl methyl sites for hydroxylation is 1. The first-order valence-corrected chi connectivity index (χ1v) is 12.8. The summed E-state index contributed by atoms with van der Waals surface area (Å²) in [6.45, 7) is 1.46. The molecule has 2 aliphatic heterocycles. The highest BCUT2D eigenvalue weighted by molar-refractivity contribution is 7.19. The van der Waals surface area contributed by atoms with Crippen molar-refractivity contribution in [1.82, 2.24) is 9.88 Å². The number of halogens is 1. The van der Waals surface area contributed by atoms with E-state index in [0.717, 1.165) is 71.3 Å². The zero-order chi connectivity index (χ0) is 22.7. The second-order valence-electron chi connectivity index (χ2n) is 9.53. The highest BCUT2D eigenvalue weighted by Gasteiger charge is 2.53. The van der Waals surface area contributed by atoms with E-state index >= 15 is 0 Å². The Hall–Kier alpha value is -2.35. The summed E-state index contributed by atoms with van der Waals surface area (Å²) in [6, 6.07) is 8.25. The molecule has 1 aliphatic carbocycles. The molecule has 0 bridgehead atoms. The molecule has 1 aromatic carbocycles. The first-order chi connectivity index (χ1) is 16.0. The van der Waals surface area contributed by atoms with Crippen molar-refractivity contribution in [2.24, 2.45) is 0 Å². The fourth-order valence-electron chi connectivity index (χ4n) is 6.15. The van der Waals surface area contributed by atoms with Crippen LogP contribution >= 0.6 is 22.9 Å². The maximum atomic E-state index is 12.1. The molecule has 1 unspecified atom stereocenters. The average molecular weight is 484 g/mol. The molecule has 0 radical (unpaired) electrons. The fraction of sp³-hybridized carbons (Fsp3) is 0.440. The van der Waals surface area contributed by atoms with Crippen molar-refractivity contribution < 1.29 is 15.0 Å². The maximum Gasteiger partial charge on any atom is 0.407 e. The summed E-state index contributed by atoms with van der Waals surface area (Å²) in [4.78, 5) is 21.6. The first-order valence-electron chi connectivity index (χ1n) is 11.6. The Morgan fingerprint density at radius 2 is 2.09 bits per heavy atom. The molecule has 2 aromatic heterocycles. The van der Waals surface area contributed by atoms with Crippen LogP contribution in [0.4, 0.5) is 10.5 Å². The van der Waals surface area contributed by atoms with Crippen LogP contribution in [0.5, 0.6) is 0 Å². The molecule has 1 amide bonds. The second-order valence-corrected chi connectivity index (χ2v) is 11.1. The molecule has 172 valence electrons. The van der Waals surface area contributed by atoms with Crippen molar-refractivity contribution in [2.75, 3.05) is 18.0 Å². The number of thiophene rings is 1. The first kappa shape index (κ1) is 21.2. The Morgan fingerprint density at radius 3 is 2.79 bits per heavy atom. The number of carbonyl (C=O) groups is 1. The smallest absolute Gasteiger partial charge is 0.407 e. The van der Waals surface area contributed by atoms with Crippen molar-refractivity contribution in [3.63, 3.8) is 0 Å². The lowest BCUT2D eigenvalue weighted by atomic mass is 9.74. The van der Waals surface area contributed by atoms with Gasteiger partial charge >= 0.3 is 6.09 Å². The summed E-state index contributed by atoms with van der Waals surface area (Å²) in [6.07, 6.45) is 6.94. The van der Waals surface area contributed by atoms with E-state index in [1.54, 1.807) is 16.2 Å². The number of aromatic nitrogens is 1. The van der Waals surface area contributed by atoms with Crippen LogP contribution in [0.25, 0.3) is 21.3 Å². The largest absolute Gasteiger partial charge is 0.465 e. The van der Waals surface area contributed by atoms with Gasteiger partial charge in [-0.3, -0.25) is 4.98 Å². The Balaban J connectivity index is 1.48. The molecule has 33 heavy (non-hydrogen) atoms. The van der Waals surface area contributed by atoms with Gasteiger partial charge in [-0.05, 0) is 68.4 Å². The molecule has 4 heterocycles. The average Bonchev–Trinajstić information content (AvgIpc) is 3.40. The van der Waals surface area contributed by atoms with E-state index in [9.17, 15) is 15.0 Å². The van der Waals surface area contributed by atoms with Crippen LogP contribution in [0.15, 0.2) is 30.5 Å². The highest BCUT2D eigenvalue weighted by Crippen LogP contribution is 2.50. The van der Waals surface area contributed by atoms with Gasteiger partial charge in [0.2, 0.25) is 0 Å².